The standard InChI is InChI=1S/C28H35NO6.CH4/c1-32-24-5-7-25(8-6-24)33-11-10-23(30)15-21(18-29-17-19-2-4-22(29)14-19)28(31)20-3-9-26-27(16-20)35-13-12-34-26;/h3,5-9,16,19,21-22,28,31H,2,4,10-15,17-18H2,1H3;1H4/t19-,21-,22+,28-;/m1./s1. The molecule has 2 aromatic rings. The lowest BCUT2D eigenvalue weighted by Crippen LogP contribution is -2.38. The maximum Gasteiger partial charge on any atom is 0.161 e. The Morgan fingerprint density at radius 3 is 2.53 bits per heavy atom. The van der Waals surface area contributed by atoms with E-state index in [9.17, 15) is 9.90 Å². The molecule has 1 N–H and O–H groups in total. The molecule has 1 aliphatic carbocycles. The number of aliphatic hydroxyl groups excluding tert-OH is 1. The third-order valence-corrected chi connectivity index (χ3v) is 7.54. The van der Waals surface area contributed by atoms with Gasteiger partial charge in [-0.3, -0.25) is 9.69 Å². The summed E-state index contributed by atoms with van der Waals surface area (Å²) >= 11 is 0. The Bertz CT molecular complexity index is 1010. The number of carbonyl (C=O) groups is 1. The predicted octanol–water partition coefficient (Wildman–Crippen LogP) is 4.66. The lowest BCUT2D eigenvalue weighted by molar-refractivity contribution is -0.121. The molecule has 0 aromatic heterocycles. The maximum absolute atomic E-state index is 13.0. The number of Topliss-reactive ketones (excluding diaryl/α,β-unsaturated/α-hetero) is 1. The highest BCUT2D eigenvalue weighted by Crippen LogP contribution is 2.40. The molecule has 196 valence electrons. The lowest BCUT2D eigenvalue weighted by Gasteiger charge is -2.33. The van der Waals surface area contributed by atoms with Gasteiger partial charge in [0.25, 0.3) is 0 Å². The lowest BCUT2D eigenvalue weighted by atomic mass is 9.89. The number of hydrogen-bond donors (Lipinski definition) is 1. The van der Waals surface area contributed by atoms with E-state index >= 15 is 0 Å². The summed E-state index contributed by atoms with van der Waals surface area (Å²) in [5, 5.41) is 11.4. The molecular formula is C29H39NO6. The van der Waals surface area contributed by atoms with Gasteiger partial charge in [-0.05, 0) is 67.1 Å². The molecule has 3 aliphatic rings. The molecule has 2 bridgehead atoms. The van der Waals surface area contributed by atoms with Crippen molar-refractivity contribution in [3.63, 3.8) is 0 Å². The number of benzene rings is 2. The van der Waals surface area contributed by atoms with Gasteiger partial charge in [-0.1, -0.05) is 13.5 Å². The number of nitrogens with zero attached hydrogens (tertiary/aromatic N) is 1. The number of ether oxygens (including phenoxy) is 4. The molecular weight excluding hydrogens is 458 g/mol. The van der Waals surface area contributed by atoms with E-state index in [1.165, 1.54) is 19.3 Å². The topological polar surface area (TPSA) is 77.5 Å². The van der Waals surface area contributed by atoms with Gasteiger partial charge >= 0.3 is 0 Å². The highest BCUT2D eigenvalue weighted by atomic mass is 16.6. The van der Waals surface area contributed by atoms with Crippen LogP contribution in [0.25, 0.3) is 0 Å². The van der Waals surface area contributed by atoms with Crippen molar-refractivity contribution in [2.45, 2.75) is 51.7 Å². The zero-order valence-corrected chi connectivity index (χ0v) is 20.4. The van der Waals surface area contributed by atoms with Gasteiger partial charge in [0.15, 0.2) is 11.5 Å². The summed E-state index contributed by atoms with van der Waals surface area (Å²) in [5.74, 6) is 3.51. The molecule has 2 aliphatic heterocycles. The summed E-state index contributed by atoms with van der Waals surface area (Å²) in [6.45, 7) is 3.14. The van der Waals surface area contributed by atoms with Gasteiger partial charge in [0, 0.05) is 37.9 Å². The molecule has 1 saturated carbocycles. The van der Waals surface area contributed by atoms with Gasteiger partial charge in [-0.25, -0.2) is 0 Å². The van der Waals surface area contributed by atoms with E-state index in [2.05, 4.69) is 4.90 Å². The number of ketones is 1. The monoisotopic (exact) mass is 497 g/mol. The Kier molecular flexibility index (Phi) is 8.75. The number of likely N-dealkylation sites (tertiary alicyclic amines) is 1. The van der Waals surface area contributed by atoms with Crippen LogP contribution in [-0.4, -0.2) is 61.9 Å². The minimum atomic E-state index is -0.753. The fourth-order valence-electron chi connectivity index (χ4n) is 5.69. The molecule has 2 aromatic carbocycles. The highest BCUT2D eigenvalue weighted by molar-refractivity contribution is 5.78. The van der Waals surface area contributed by atoms with Crippen molar-refractivity contribution in [3.8, 4) is 23.0 Å². The summed E-state index contributed by atoms with van der Waals surface area (Å²) in [6.07, 6.45) is 3.64. The summed E-state index contributed by atoms with van der Waals surface area (Å²) in [4.78, 5) is 15.5. The highest BCUT2D eigenvalue weighted by Gasteiger charge is 2.39. The van der Waals surface area contributed by atoms with Crippen LogP contribution in [0.4, 0.5) is 0 Å². The van der Waals surface area contributed by atoms with Crippen LogP contribution >= 0.6 is 0 Å². The molecule has 0 unspecified atom stereocenters. The van der Waals surface area contributed by atoms with Crippen LogP contribution in [0.1, 0.15) is 51.2 Å². The first-order valence-electron chi connectivity index (χ1n) is 12.7. The van der Waals surface area contributed by atoms with Crippen molar-refractivity contribution in [3.05, 3.63) is 48.0 Å². The number of aliphatic hydroxyl groups is 1. The van der Waals surface area contributed by atoms with Gasteiger partial charge in [0.1, 0.15) is 30.5 Å². The van der Waals surface area contributed by atoms with Crippen LogP contribution in [0.2, 0.25) is 0 Å². The summed E-state index contributed by atoms with van der Waals surface area (Å²) in [6, 6.07) is 13.5. The second-order valence-electron chi connectivity index (χ2n) is 9.91. The van der Waals surface area contributed by atoms with Crippen LogP contribution in [0.15, 0.2) is 42.5 Å². The zero-order chi connectivity index (χ0) is 24.2. The first kappa shape index (κ1) is 26.3. The van der Waals surface area contributed by atoms with Crippen LogP contribution in [-0.2, 0) is 4.79 Å². The Morgan fingerprint density at radius 1 is 1.08 bits per heavy atom. The van der Waals surface area contributed by atoms with Crippen LogP contribution in [0.3, 0.4) is 0 Å². The van der Waals surface area contributed by atoms with Crippen molar-refractivity contribution < 1.29 is 28.8 Å². The zero-order valence-electron chi connectivity index (χ0n) is 20.4. The van der Waals surface area contributed by atoms with Gasteiger partial charge < -0.3 is 24.1 Å². The molecule has 7 nitrogen and oxygen atoms in total. The van der Waals surface area contributed by atoms with E-state index < -0.39 is 6.10 Å². The number of rotatable bonds is 11. The molecule has 0 radical (unpaired) electrons. The Morgan fingerprint density at radius 2 is 1.83 bits per heavy atom. The van der Waals surface area contributed by atoms with Crippen molar-refractivity contribution >= 4 is 5.78 Å². The van der Waals surface area contributed by atoms with Crippen molar-refractivity contribution in [2.75, 3.05) is 40.0 Å². The van der Waals surface area contributed by atoms with Gasteiger partial charge in [0.2, 0.25) is 0 Å². The maximum atomic E-state index is 13.0. The van der Waals surface area contributed by atoms with Crippen molar-refractivity contribution in [1.82, 2.24) is 4.90 Å². The first-order chi connectivity index (χ1) is 17.1. The molecule has 5 rings (SSSR count). The summed E-state index contributed by atoms with van der Waals surface area (Å²) in [7, 11) is 1.62. The number of methoxy groups -OCH3 is 1. The predicted molar refractivity (Wildman–Crippen MR) is 138 cm³/mol. The number of piperidine rings is 1. The molecule has 36 heavy (non-hydrogen) atoms. The fraction of sp³-hybridized carbons (Fsp3) is 0.552. The van der Waals surface area contributed by atoms with E-state index in [4.69, 9.17) is 18.9 Å². The molecule has 0 spiro atoms. The van der Waals surface area contributed by atoms with Gasteiger partial charge in [-0.2, -0.15) is 0 Å². The van der Waals surface area contributed by atoms with E-state index in [-0.39, 0.29) is 19.1 Å². The van der Waals surface area contributed by atoms with Gasteiger partial charge in [-0.15, -0.1) is 0 Å². The summed E-state index contributed by atoms with van der Waals surface area (Å²) in [5.41, 5.74) is 0.769. The second-order valence-corrected chi connectivity index (χ2v) is 9.91. The van der Waals surface area contributed by atoms with Crippen LogP contribution in [0, 0.1) is 11.8 Å². The van der Waals surface area contributed by atoms with Gasteiger partial charge in [0.05, 0.1) is 19.8 Å². The first-order valence-corrected chi connectivity index (χ1v) is 12.7. The Balaban J connectivity index is 0.00000304. The van der Waals surface area contributed by atoms with E-state index in [0.717, 1.165) is 30.3 Å². The average Bonchev–Trinajstić information content (AvgIpc) is 3.51. The number of fused-ring (bicyclic) bond motifs is 3. The molecule has 2 fully saturated rings. The Hall–Kier alpha value is -2.77. The number of carbonyl (C=O) groups excluding carboxylic acids is 1. The minimum absolute atomic E-state index is 0. The quantitative estimate of drug-likeness (QED) is 0.484. The third-order valence-electron chi connectivity index (χ3n) is 7.54. The summed E-state index contributed by atoms with van der Waals surface area (Å²) < 4.78 is 22.3. The fourth-order valence-corrected chi connectivity index (χ4v) is 5.69. The third kappa shape index (κ3) is 6.13. The molecule has 1 saturated heterocycles. The normalized spacial score (nSPS) is 21.9. The minimum Gasteiger partial charge on any atom is -0.497 e. The molecule has 7 heteroatoms. The number of hydrogen-bond acceptors (Lipinski definition) is 7. The van der Waals surface area contributed by atoms with Crippen LogP contribution in [0.5, 0.6) is 23.0 Å². The average molecular weight is 498 g/mol. The second kappa shape index (κ2) is 12.0. The smallest absolute Gasteiger partial charge is 0.161 e. The Labute approximate surface area is 214 Å². The molecule has 2 heterocycles. The van der Waals surface area contributed by atoms with Crippen LogP contribution < -0.4 is 18.9 Å². The van der Waals surface area contributed by atoms with E-state index in [1.54, 1.807) is 7.11 Å². The molecule has 0 amide bonds. The van der Waals surface area contributed by atoms with E-state index in [1.807, 2.05) is 42.5 Å². The SMILES string of the molecule is C.COc1ccc(OCCC(=O)C[C@H](CN2C[C@@H]3CC[C@H]2C3)[C@H](O)c2ccc3c(c2)OCCO3)cc1. The van der Waals surface area contributed by atoms with Crippen molar-refractivity contribution in [2.24, 2.45) is 11.8 Å². The molecule has 4 atom stereocenters. The largest absolute Gasteiger partial charge is 0.497 e. The van der Waals surface area contributed by atoms with E-state index in [0.29, 0.717) is 56.0 Å². The van der Waals surface area contributed by atoms with Crippen molar-refractivity contribution in [1.29, 1.82) is 0 Å².